The Morgan fingerprint density at radius 1 is 1.17 bits per heavy atom. The number of nitrogens with zero attached hydrogens (tertiary/aromatic N) is 1. The molecule has 0 spiro atoms. The zero-order chi connectivity index (χ0) is 16.0. The molecule has 1 heterocycles. The fourth-order valence-electron chi connectivity index (χ4n) is 4.05. The highest BCUT2D eigenvalue weighted by atomic mass is 32.1. The first-order valence-electron chi connectivity index (χ1n) is 8.48. The van der Waals surface area contributed by atoms with Gasteiger partial charge in [0.05, 0.1) is 0 Å². The van der Waals surface area contributed by atoms with Crippen molar-refractivity contribution in [3.05, 3.63) is 52.7 Å². The normalized spacial score (nSPS) is 23.1. The van der Waals surface area contributed by atoms with Crippen molar-refractivity contribution in [3.8, 4) is 0 Å². The summed E-state index contributed by atoms with van der Waals surface area (Å²) in [5.41, 5.74) is 6.50. The molecule has 2 nitrogen and oxygen atoms in total. The zero-order valence-electron chi connectivity index (χ0n) is 13.5. The van der Waals surface area contributed by atoms with Gasteiger partial charge in [0, 0.05) is 29.2 Å². The molecule has 2 aliphatic carbocycles. The highest BCUT2D eigenvalue weighted by molar-refractivity contribution is 7.80. The van der Waals surface area contributed by atoms with Gasteiger partial charge in [0.25, 0.3) is 0 Å². The van der Waals surface area contributed by atoms with Crippen LogP contribution in [0.3, 0.4) is 0 Å². The smallest absolute Gasteiger partial charge is 0.155 e. The molecule has 1 aromatic rings. The SMILES string of the molecule is CC(=S)c1ccc2c(c1)CCN2C1=CC2=CC(=O)CCC2CC1. The van der Waals surface area contributed by atoms with Crippen LogP contribution < -0.4 is 4.90 Å². The number of benzene rings is 1. The molecule has 0 N–H and O–H groups in total. The largest absolute Gasteiger partial charge is 0.345 e. The van der Waals surface area contributed by atoms with Crippen LogP contribution in [0.1, 0.15) is 43.7 Å². The minimum atomic E-state index is 0.289. The van der Waals surface area contributed by atoms with Gasteiger partial charge in [-0.3, -0.25) is 4.79 Å². The lowest BCUT2D eigenvalue weighted by Gasteiger charge is -2.32. The van der Waals surface area contributed by atoms with Crippen LogP contribution in [0, 0.1) is 5.92 Å². The summed E-state index contributed by atoms with van der Waals surface area (Å²) >= 11 is 5.30. The summed E-state index contributed by atoms with van der Waals surface area (Å²) in [6.45, 7) is 3.02. The van der Waals surface area contributed by atoms with Gasteiger partial charge in [-0.25, -0.2) is 0 Å². The number of allylic oxidation sites excluding steroid dienone is 4. The summed E-state index contributed by atoms with van der Waals surface area (Å²) in [6.07, 6.45) is 9.27. The Balaban J connectivity index is 1.66. The second kappa shape index (κ2) is 5.72. The molecule has 1 atom stereocenters. The first-order valence-corrected chi connectivity index (χ1v) is 8.89. The summed E-state index contributed by atoms with van der Waals surface area (Å²) in [4.78, 5) is 15.1. The second-order valence-electron chi connectivity index (χ2n) is 6.82. The van der Waals surface area contributed by atoms with Gasteiger partial charge in [0.1, 0.15) is 0 Å². The third-order valence-corrected chi connectivity index (χ3v) is 5.58. The number of carbonyl (C=O) groups excluding carboxylic acids is 1. The first kappa shape index (κ1) is 14.8. The van der Waals surface area contributed by atoms with Gasteiger partial charge in [-0.15, -0.1) is 0 Å². The molecule has 3 heteroatoms. The van der Waals surface area contributed by atoms with Crippen LogP contribution in [0.4, 0.5) is 5.69 Å². The average molecular weight is 323 g/mol. The summed E-state index contributed by atoms with van der Waals surface area (Å²) in [7, 11) is 0. The highest BCUT2D eigenvalue weighted by Gasteiger charge is 2.29. The van der Waals surface area contributed by atoms with Gasteiger partial charge in [0.2, 0.25) is 0 Å². The molecule has 0 saturated heterocycles. The summed E-state index contributed by atoms with van der Waals surface area (Å²) in [6, 6.07) is 6.59. The number of carbonyl (C=O) groups is 1. The molecular formula is C20H21NOS. The topological polar surface area (TPSA) is 20.3 Å². The van der Waals surface area contributed by atoms with Crippen LogP contribution in [-0.2, 0) is 11.2 Å². The lowest BCUT2D eigenvalue weighted by atomic mass is 9.79. The van der Waals surface area contributed by atoms with E-state index in [0.29, 0.717) is 5.92 Å². The van der Waals surface area contributed by atoms with Crippen molar-refractivity contribution in [1.82, 2.24) is 0 Å². The molecule has 0 saturated carbocycles. The molecule has 118 valence electrons. The Hall–Kier alpha value is -1.74. The molecule has 0 amide bonds. The van der Waals surface area contributed by atoms with E-state index in [1.54, 1.807) is 0 Å². The van der Waals surface area contributed by atoms with E-state index in [0.717, 1.165) is 37.1 Å². The molecule has 0 bridgehead atoms. The Morgan fingerprint density at radius 3 is 2.83 bits per heavy atom. The molecule has 1 unspecified atom stereocenters. The second-order valence-corrected chi connectivity index (χ2v) is 7.43. The predicted molar refractivity (Wildman–Crippen MR) is 98.0 cm³/mol. The predicted octanol–water partition coefficient (Wildman–Crippen LogP) is 4.37. The van der Waals surface area contributed by atoms with E-state index in [2.05, 4.69) is 29.2 Å². The van der Waals surface area contributed by atoms with Gasteiger partial charge in [-0.05, 0) is 79.5 Å². The lowest BCUT2D eigenvalue weighted by molar-refractivity contribution is -0.115. The van der Waals surface area contributed by atoms with Crippen LogP contribution in [0.15, 0.2) is 41.6 Å². The zero-order valence-corrected chi connectivity index (χ0v) is 14.3. The minimum Gasteiger partial charge on any atom is -0.345 e. The third kappa shape index (κ3) is 2.67. The lowest BCUT2D eigenvalue weighted by Crippen LogP contribution is -2.25. The maximum Gasteiger partial charge on any atom is 0.155 e. The molecule has 1 aromatic carbocycles. The van der Waals surface area contributed by atoms with Crippen molar-refractivity contribution in [2.24, 2.45) is 5.92 Å². The number of thiocarbonyl (C=S) groups is 1. The van der Waals surface area contributed by atoms with Crippen LogP contribution in [0.5, 0.6) is 0 Å². The van der Waals surface area contributed by atoms with Crippen LogP contribution in [0.25, 0.3) is 0 Å². The van der Waals surface area contributed by atoms with Gasteiger partial charge in [-0.2, -0.15) is 0 Å². The molecule has 23 heavy (non-hydrogen) atoms. The van der Waals surface area contributed by atoms with Crippen molar-refractivity contribution >= 4 is 28.6 Å². The van der Waals surface area contributed by atoms with Crippen LogP contribution in [0.2, 0.25) is 0 Å². The van der Waals surface area contributed by atoms with Gasteiger partial charge in [0.15, 0.2) is 5.78 Å². The average Bonchev–Trinajstić information content (AvgIpc) is 2.97. The van der Waals surface area contributed by atoms with E-state index in [1.165, 1.54) is 34.5 Å². The number of fused-ring (bicyclic) bond motifs is 2. The van der Waals surface area contributed by atoms with Crippen LogP contribution in [-0.4, -0.2) is 17.2 Å². The monoisotopic (exact) mass is 323 g/mol. The fraction of sp³-hybridized carbons (Fsp3) is 0.400. The fourth-order valence-corrected chi connectivity index (χ4v) is 4.18. The van der Waals surface area contributed by atoms with E-state index >= 15 is 0 Å². The maximum atomic E-state index is 11.7. The molecule has 0 radical (unpaired) electrons. The maximum absolute atomic E-state index is 11.7. The van der Waals surface area contributed by atoms with E-state index < -0.39 is 0 Å². The number of hydrogen-bond acceptors (Lipinski definition) is 3. The summed E-state index contributed by atoms with van der Waals surface area (Å²) < 4.78 is 0. The van der Waals surface area contributed by atoms with Crippen molar-refractivity contribution in [1.29, 1.82) is 0 Å². The Labute approximate surface area is 142 Å². The summed E-state index contributed by atoms with van der Waals surface area (Å²) in [5.74, 6) is 0.884. The van der Waals surface area contributed by atoms with E-state index in [-0.39, 0.29) is 5.78 Å². The number of rotatable bonds is 2. The van der Waals surface area contributed by atoms with Crippen LogP contribution >= 0.6 is 12.2 Å². The van der Waals surface area contributed by atoms with E-state index in [1.807, 2.05) is 13.0 Å². The molecule has 3 aliphatic rings. The molecule has 0 fully saturated rings. The van der Waals surface area contributed by atoms with Gasteiger partial charge >= 0.3 is 0 Å². The van der Waals surface area contributed by atoms with Crippen molar-refractivity contribution in [2.75, 3.05) is 11.4 Å². The Kier molecular flexibility index (Phi) is 3.68. The molecule has 0 aromatic heterocycles. The van der Waals surface area contributed by atoms with E-state index in [4.69, 9.17) is 12.2 Å². The minimum absolute atomic E-state index is 0.289. The standard InChI is InChI=1S/C20H21NOS/c1-13(23)15-4-7-20-16(10-15)8-9-21(20)18-5-2-14-3-6-19(22)12-17(14)11-18/h4,7,10-12,14H,2-3,5-6,8-9H2,1H3. The first-order chi connectivity index (χ1) is 11.1. The third-order valence-electron chi connectivity index (χ3n) is 5.35. The highest BCUT2D eigenvalue weighted by Crippen LogP contribution is 2.39. The quantitative estimate of drug-likeness (QED) is 0.595. The number of anilines is 1. The van der Waals surface area contributed by atoms with Crippen molar-refractivity contribution in [2.45, 2.75) is 39.0 Å². The Bertz CT molecular complexity index is 759. The molecule has 1 aliphatic heterocycles. The van der Waals surface area contributed by atoms with Crippen molar-refractivity contribution < 1.29 is 4.79 Å². The Morgan fingerprint density at radius 2 is 2.00 bits per heavy atom. The van der Waals surface area contributed by atoms with E-state index in [9.17, 15) is 4.79 Å². The number of ketones is 1. The van der Waals surface area contributed by atoms with Gasteiger partial charge in [-0.1, -0.05) is 18.3 Å². The number of hydrogen-bond donors (Lipinski definition) is 0. The molecule has 4 rings (SSSR count). The van der Waals surface area contributed by atoms with Crippen molar-refractivity contribution in [3.63, 3.8) is 0 Å². The van der Waals surface area contributed by atoms with Gasteiger partial charge < -0.3 is 4.90 Å². The summed E-state index contributed by atoms with van der Waals surface area (Å²) in [5, 5.41) is 0. The molecular weight excluding hydrogens is 302 g/mol.